The summed E-state index contributed by atoms with van der Waals surface area (Å²) in [6.45, 7) is 4.10. The van der Waals surface area contributed by atoms with Crippen molar-refractivity contribution in [3.05, 3.63) is 0 Å². The van der Waals surface area contributed by atoms with Crippen molar-refractivity contribution in [2.24, 2.45) is 0 Å². The predicted octanol–water partition coefficient (Wildman–Crippen LogP) is 2.11. The second-order valence-corrected chi connectivity index (χ2v) is 4.79. The van der Waals surface area contributed by atoms with Crippen molar-refractivity contribution >= 4 is 23.5 Å². The zero-order valence-electron chi connectivity index (χ0n) is 9.83. The Morgan fingerprint density at radius 2 is 2.00 bits per heavy atom. The van der Waals surface area contributed by atoms with Crippen molar-refractivity contribution < 1.29 is 9.59 Å². The minimum absolute atomic E-state index is 0.281. The maximum absolute atomic E-state index is 11.8. The molecule has 0 bridgehead atoms. The van der Waals surface area contributed by atoms with Crippen molar-refractivity contribution in [3.8, 4) is 0 Å². The van der Waals surface area contributed by atoms with E-state index in [1.54, 1.807) is 11.8 Å². The minimum atomic E-state index is -0.675. The van der Waals surface area contributed by atoms with Gasteiger partial charge in [-0.2, -0.15) is 0 Å². The second-order valence-electron chi connectivity index (χ2n) is 4.13. The molecule has 5 heteroatoms. The fourth-order valence-electron chi connectivity index (χ4n) is 2.06. The molecule has 1 atom stereocenters. The van der Waals surface area contributed by atoms with Crippen LogP contribution in [0.4, 0.5) is 4.79 Å². The molecule has 3 amide bonds. The summed E-state index contributed by atoms with van der Waals surface area (Å²) in [4.78, 5) is 24.8. The monoisotopic (exact) mass is 246 g/mol. The molecule has 4 nitrogen and oxygen atoms in total. The number of urea groups is 1. The molecular formula is C11H19ClN2O2. The van der Waals surface area contributed by atoms with Crippen LogP contribution in [0.1, 0.15) is 39.5 Å². The maximum atomic E-state index is 11.8. The van der Waals surface area contributed by atoms with Gasteiger partial charge in [-0.1, -0.05) is 12.8 Å². The Morgan fingerprint density at radius 1 is 1.44 bits per heavy atom. The number of carbonyl (C=O) groups excluding carboxylic acids is 2. The molecule has 0 spiro atoms. The van der Waals surface area contributed by atoms with Gasteiger partial charge in [-0.25, -0.2) is 4.79 Å². The Morgan fingerprint density at radius 3 is 2.44 bits per heavy atom. The average Bonchev–Trinajstić information content (AvgIpc) is 2.72. The number of alkyl halides is 1. The average molecular weight is 247 g/mol. The third kappa shape index (κ3) is 3.37. The molecule has 1 saturated carbocycles. The van der Waals surface area contributed by atoms with E-state index < -0.39 is 11.3 Å². The van der Waals surface area contributed by atoms with Crippen LogP contribution >= 0.6 is 11.6 Å². The highest BCUT2D eigenvalue weighted by atomic mass is 35.5. The first kappa shape index (κ1) is 13.3. The number of amides is 3. The zero-order valence-corrected chi connectivity index (χ0v) is 10.6. The summed E-state index contributed by atoms with van der Waals surface area (Å²) in [5.41, 5.74) is 0. The van der Waals surface area contributed by atoms with E-state index in [4.69, 9.17) is 11.6 Å². The minimum Gasteiger partial charge on any atom is -0.322 e. The molecule has 1 aliphatic carbocycles. The molecule has 0 aromatic rings. The molecule has 0 aliphatic heterocycles. The third-order valence-electron chi connectivity index (χ3n) is 2.96. The lowest BCUT2D eigenvalue weighted by molar-refractivity contribution is -0.119. The van der Waals surface area contributed by atoms with Crippen molar-refractivity contribution in [2.45, 2.75) is 50.9 Å². The number of imide groups is 1. The van der Waals surface area contributed by atoms with Gasteiger partial charge in [0.25, 0.3) is 0 Å². The predicted molar refractivity (Wildman–Crippen MR) is 63.5 cm³/mol. The molecule has 0 aromatic carbocycles. The number of hydrogen-bond donors (Lipinski definition) is 1. The van der Waals surface area contributed by atoms with E-state index in [1.807, 2.05) is 6.92 Å². The maximum Gasteiger partial charge on any atom is 0.324 e. The highest BCUT2D eigenvalue weighted by molar-refractivity contribution is 6.31. The standard InChI is InChI=1S/C11H19ClN2O2/c1-3-14(9-6-4-5-7-9)11(16)13-10(15)8(2)12/h8-9H,3-7H2,1-2H3,(H,13,15,16). The van der Waals surface area contributed by atoms with Crippen molar-refractivity contribution in [1.82, 2.24) is 10.2 Å². The summed E-state index contributed by atoms with van der Waals surface area (Å²) >= 11 is 5.60. The van der Waals surface area contributed by atoms with Gasteiger partial charge in [-0.15, -0.1) is 11.6 Å². The van der Waals surface area contributed by atoms with Crippen LogP contribution in [0.2, 0.25) is 0 Å². The van der Waals surface area contributed by atoms with E-state index in [1.165, 1.54) is 0 Å². The SMILES string of the molecule is CCN(C(=O)NC(=O)C(C)Cl)C1CCCC1. The van der Waals surface area contributed by atoms with E-state index in [0.717, 1.165) is 25.7 Å². The Labute approximate surface area is 101 Å². The first-order chi connectivity index (χ1) is 7.56. The van der Waals surface area contributed by atoms with Gasteiger partial charge in [0.15, 0.2) is 0 Å². The Balaban J connectivity index is 2.52. The molecule has 0 aromatic heterocycles. The fourth-order valence-corrected chi connectivity index (χ4v) is 2.11. The smallest absolute Gasteiger partial charge is 0.322 e. The number of nitrogens with one attached hydrogen (secondary N) is 1. The van der Waals surface area contributed by atoms with E-state index in [-0.39, 0.29) is 12.1 Å². The van der Waals surface area contributed by atoms with Crippen LogP contribution in [-0.4, -0.2) is 34.8 Å². The van der Waals surface area contributed by atoms with Gasteiger partial charge in [0.2, 0.25) is 5.91 Å². The van der Waals surface area contributed by atoms with Crippen LogP contribution in [0.25, 0.3) is 0 Å². The number of carbonyl (C=O) groups is 2. The lowest BCUT2D eigenvalue weighted by atomic mass is 10.2. The summed E-state index contributed by atoms with van der Waals surface area (Å²) in [7, 11) is 0. The van der Waals surface area contributed by atoms with E-state index >= 15 is 0 Å². The summed E-state index contributed by atoms with van der Waals surface area (Å²) in [5.74, 6) is -0.428. The Bertz CT molecular complexity index is 263. The molecule has 1 fully saturated rings. The van der Waals surface area contributed by atoms with Crippen molar-refractivity contribution in [2.75, 3.05) is 6.54 Å². The molecule has 1 N–H and O–H groups in total. The molecule has 1 unspecified atom stereocenters. The topological polar surface area (TPSA) is 49.4 Å². The number of nitrogens with zero attached hydrogens (tertiary/aromatic N) is 1. The van der Waals surface area contributed by atoms with E-state index in [0.29, 0.717) is 6.54 Å². The largest absolute Gasteiger partial charge is 0.324 e. The van der Waals surface area contributed by atoms with Gasteiger partial charge in [0, 0.05) is 12.6 Å². The van der Waals surface area contributed by atoms with Gasteiger partial charge in [-0.3, -0.25) is 10.1 Å². The molecule has 16 heavy (non-hydrogen) atoms. The van der Waals surface area contributed by atoms with Gasteiger partial charge >= 0.3 is 6.03 Å². The molecule has 0 radical (unpaired) electrons. The lowest BCUT2D eigenvalue weighted by Gasteiger charge is -2.27. The first-order valence-electron chi connectivity index (χ1n) is 5.81. The van der Waals surface area contributed by atoms with E-state index in [2.05, 4.69) is 5.32 Å². The van der Waals surface area contributed by atoms with Crippen molar-refractivity contribution in [1.29, 1.82) is 0 Å². The van der Waals surface area contributed by atoms with Gasteiger partial charge in [0.1, 0.15) is 5.38 Å². The van der Waals surface area contributed by atoms with Crippen LogP contribution in [0.5, 0.6) is 0 Å². The molecule has 92 valence electrons. The van der Waals surface area contributed by atoms with Gasteiger partial charge in [0.05, 0.1) is 0 Å². The highest BCUT2D eigenvalue weighted by Crippen LogP contribution is 2.23. The number of halogens is 1. The number of rotatable bonds is 3. The van der Waals surface area contributed by atoms with Crippen LogP contribution in [0, 0.1) is 0 Å². The fraction of sp³-hybridized carbons (Fsp3) is 0.818. The lowest BCUT2D eigenvalue weighted by Crippen LogP contribution is -2.48. The first-order valence-corrected chi connectivity index (χ1v) is 6.25. The summed E-state index contributed by atoms with van der Waals surface area (Å²) in [5, 5.41) is 1.65. The summed E-state index contributed by atoms with van der Waals surface area (Å²) in [6, 6.07) is -0.0321. The van der Waals surface area contributed by atoms with Crippen LogP contribution < -0.4 is 5.32 Å². The Kier molecular flexibility index (Phi) is 5.06. The normalized spacial score (nSPS) is 18.2. The second kappa shape index (κ2) is 6.09. The van der Waals surface area contributed by atoms with Gasteiger partial charge in [-0.05, 0) is 26.7 Å². The molecule has 1 aliphatic rings. The molecular weight excluding hydrogens is 228 g/mol. The molecule has 0 saturated heterocycles. The van der Waals surface area contributed by atoms with Crippen molar-refractivity contribution in [3.63, 3.8) is 0 Å². The third-order valence-corrected chi connectivity index (χ3v) is 3.16. The van der Waals surface area contributed by atoms with Crippen LogP contribution in [0.15, 0.2) is 0 Å². The number of hydrogen-bond acceptors (Lipinski definition) is 2. The molecule has 0 heterocycles. The Hall–Kier alpha value is -0.770. The summed E-state index contributed by atoms with van der Waals surface area (Å²) < 4.78 is 0. The zero-order chi connectivity index (χ0) is 12.1. The van der Waals surface area contributed by atoms with Crippen LogP contribution in [-0.2, 0) is 4.79 Å². The van der Waals surface area contributed by atoms with E-state index in [9.17, 15) is 9.59 Å². The summed E-state index contributed by atoms with van der Waals surface area (Å²) in [6.07, 6.45) is 4.39. The molecule has 1 rings (SSSR count). The van der Waals surface area contributed by atoms with Crippen LogP contribution in [0.3, 0.4) is 0 Å². The quantitative estimate of drug-likeness (QED) is 0.776. The van der Waals surface area contributed by atoms with Gasteiger partial charge < -0.3 is 4.90 Å². The highest BCUT2D eigenvalue weighted by Gasteiger charge is 2.26.